The lowest BCUT2D eigenvalue weighted by Gasteiger charge is -2.11. The van der Waals surface area contributed by atoms with Gasteiger partial charge in [0.25, 0.3) is 0 Å². The third-order valence-electron chi connectivity index (χ3n) is 2.20. The molecule has 1 aromatic rings. The molecule has 0 saturated carbocycles. The molecule has 0 atom stereocenters. The van der Waals surface area contributed by atoms with Gasteiger partial charge in [-0.15, -0.1) is 0 Å². The van der Waals surface area contributed by atoms with Crippen LogP contribution in [0.25, 0.3) is 0 Å². The van der Waals surface area contributed by atoms with Gasteiger partial charge in [-0.3, -0.25) is 0 Å². The van der Waals surface area contributed by atoms with E-state index in [0.717, 1.165) is 6.42 Å². The minimum atomic E-state index is -3.52. The van der Waals surface area contributed by atoms with E-state index < -0.39 is 10.0 Å². The largest absolute Gasteiger partial charge is 0.497 e. The Labute approximate surface area is 102 Å². The summed E-state index contributed by atoms with van der Waals surface area (Å²) in [6.45, 7) is 2.30. The fraction of sp³-hybridized carbons (Fsp3) is 0.455. The Morgan fingerprint density at radius 3 is 2.47 bits per heavy atom. The van der Waals surface area contributed by atoms with Gasteiger partial charge in [0.2, 0.25) is 10.0 Å². The van der Waals surface area contributed by atoms with Crippen molar-refractivity contribution in [1.29, 1.82) is 0 Å². The maximum atomic E-state index is 11.9. The van der Waals surface area contributed by atoms with Gasteiger partial charge in [-0.2, -0.15) is 0 Å². The van der Waals surface area contributed by atoms with Gasteiger partial charge < -0.3 is 9.47 Å². The van der Waals surface area contributed by atoms with Gasteiger partial charge in [-0.1, -0.05) is 6.92 Å². The summed E-state index contributed by atoms with van der Waals surface area (Å²) in [6, 6.07) is 4.60. The van der Waals surface area contributed by atoms with Gasteiger partial charge in [-0.25, -0.2) is 13.1 Å². The zero-order valence-corrected chi connectivity index (χ0v) is 11.0. The summed E-state index contributed by atoms with van der Waals surface area (Å²) in [5.41, 5.74) is 0. The molecule has 0 heterocycles. The van der Waals surface area contributed by atoms with Gasteiger partial charge in [0.1, 0.15) is 16.4 Å². The maximum absolute atomic E-state index is 11.9. The summed E-state index contributed by atoms with van der Waals surface area (Å²) in [5, 5.41) is 0. The minimum Gasteiger partial charge on any atom is -0.497 e. The molecule has 0 amide bonds. The average Bonchev–Trinajstić information content (AvgIpc) is 2.35. The Hall–Kier alpha value is -1.27. The van der Waals surface area contributed by atoms with Crippen molar-refractivity contribution in [3.63, 3.8) is 0 Å². The number of sulfonamides is 1. The normalized spacial score (nSPS) is 11.2. The Kier molecular flexibility index (Phi) is 4.77. The van der Waals surface area contributed by atoms with Crippen LogP contribution in [0.15, 0.2) is 23.1 Å². The lowest BCUT2D eigenvalue weighted by atomic mass is 10.3. The van der Waals surface area contributed by atoms with E-state index in [-0.39, 0.29) is 10.6 Å². The number of nitrogens with one attached hydrogen (secondary N) is 1. The SMILES string of the molecule is CCCNS(=O)(=O)c1ccc(OC)cc1OC. The van der Waals surface area contributed by atoms with Gasteiger partial charge >= 0.3 is 0 Å². The second-order valence-electron chi connectivity index (χ2n) is 3.41. The van der Waals surface area contributed by atoms with Crippen LogP contribution in [0, 0.1) is 0 Å². The van der Waals surface area contributed by atoms with Crippen LogP contribution in [0.2, 0.25) is 0 Å². The predicted molar refractivity (Wildman–Crippen MR) is 65.0 cm³/mol. The molecule has 0 aliphatic rings. The molecular weight excluding hydrogens is 242 g/mol. The molecule has 0 aliphatic heterocycles. The highest BCUT2D eigenvalue weighted by Gasteiger charge is 2.19. The number of rotatable bonds is 6. The number of benzene rings is 1. The zero-order valence-electron chi connectivity index (χ0n) is 10.2. The third kappa shape index (κ3) is 3.34. The molecule has 0 aliphatic carbocycles. The van der Waals surface area contributed by atoms with Crippen LogP contribution >= 0.6 is 0 Å². The summed E-state index contributed by atoms with van der Waals surface area (Å²) in [4.78, 5) is 0.120. The van der Waals surface area contributed by atoms with Crippen molar-refractivity contribution >= 4 is 10.0 Å². The highest BCUT2D eigenvalue weighted by molar-refractivity contribution is 7.89. The molecular formula is C11H17NO4S. The first-order valence-corrected chi connectivity index (χ1v) is 6.75. The third-order valence-corrected chi connectivity index (χ3v) is 3.70. The van der Waals surface area contributed by atoms with Crippen LogP contribution in [0.1, 0.15) is 13.3 Å². The maximum Gasteiger partial charge on any atom is 0.244 e. The monoisotopic (exact) mass is 259 g/mol. The average molecular weight is 259 g/mol. The number of methoxy groups -OCH3 is 2. The van der Waals surface area contributed by atoms with E-state index in [1.165, 1.54) is 20.3 Å². The second-order valence-corrected chi connectivity index (χ2v) is 5.15. The molecule has 0 saturated heterocycles. The molecule has 5 nitrogen and oxygen atoms in total. The lowest BCUT2D eigenvalue weighted by molar-refractivity contribution is 0.386. The first-order valence-electron chi connectivity index (χ1n) is 5.27. The molecule has 0 unspecified atom stereocenters. The quantitative estimate of drug-likeness (QED) is 0.838. The van der Waals surface area contributed by atoms with E-state index in [0.29, 0.717) is 12.3 Å². The fourth-order valence-electron chi connectivity index (χ4n) is 1.31. The van der Waals surface area contributed by atoms with E-state index in [4.69, 9.17) is 9.47 Å². The van der Waals surface area contributed by atoms with Gasteiger partial charge in [0, 0.05) is 12.6 Å². The van der Waals surface area contributed by atoms with Gasteiger partial charge in [0.15, 0.2) is 0 Å². The molecule has 1 N–H and O–H groups in total. The summed E-state index contributed by atoms with van der Waals surface area (Å²) in [6.07, 6.45) is 0.734. The van der Waals surface area contributed by atoms with Crippen molar-refractivity contribution in [2.45, 2.75) is 18.2 Å². The van der Waals surface area contributed by atoms with Crippen LogP contribution in [-0.2, 0) is 10.0 Å². The Balaban J connectivity index is 3.12. The molecule has 0 bridgehead atoms. The molecule has 0 radical (unpaired) electrons. The lowest BCUT2D eigenvalue weighted by Crippen LogP contribution is -2.24. The Bertz CT molecular complexity index is 470. The van der Waals surface area contributed by atoms with Crippen LogP contribution in [0.4, 0.5) is 0 Å². The van der Waals surface area contributed by atoms with Crippen molar-refractivity contribution in [2.24, 2.45) is 0 Å². The Morgan fingerprint density at radius 1 is 1.24 bits per heavy atom. The molecule has 0 fully saturated rings. The van der Waals surface area contributed by atoms with E-state index >= 15 is 0 Å². The molecule has 0 spiro atoms. The van der Waals surface area contributed by atoms with Crippen LogP contribution in [0.3, 0.4) is 0 Å². The Morgan fingerprint density at radius 2 is 1.94 bits per heavy atom. The summed E-state index contributed by atoms with van der Waals surface area (Å²) in [7, 11) is -0.584. The summed E-state index contributed by atoms with van der Waals surface area (Å²) < 4.78 is 36.4. The predicted octanol–water partition coefficient (Wildman–Crippen LogP) is 1.39. The van der Waals surface area contributed by atoms with E-state index in [1.807, 2.05) is 6.92 Å². The molecule has 0 aromatic heterocycles. The van der Waals surface area contributed by atoms with Crippen LogP contribution in [-0.4, -0.2) is 29.2 Å². The number of ether oxygens (including phenoxy) is 2. The fourth-order valence-corrected chi connectivity index (χ4v) is 2.59. The highest BCUT2D eigenvalue weighted by Crippen LogP contribution is 2.28. The van der Waals surface area contributed by atoms with Crippen LogP contribution < -0.4 is 14.2 Å². The molecule has 6 heteroatoms. The van der Waals surface area contributed by atoms with Crippen molar-refractivity contribution < 1.29 is 17.9 Å². The smallest absolute Gasteiger partial charge is 0.244 e. The number of hydrogen-bond donors (Lipinski definition) is 1. The van der Waals surface area contributed by atoms with E-state index in [1.54, 1.807) is 12.1 Å². The first-order chi connectivity index (χ1) is 8.05. The van der Waals surface area contributed by atoms with Crippen molar-refractivity contribution in [3.8, 4) is 11.5 Å². The van der Waals surface area contributed by atoms with E-state index in [2.05, 4.69) is 4.72 Å². The van der Waals surface area contributed by atoms with E-state index in [9.17, 15) is 8.42 Å². The standard InChI is InChI=1S/C11H17NO4S/c1-4-7-12-17(13,14)11-6-5-9(15-2)8-10(11)16-3/h5-6,8,12H,4,7H2,1-3H3. The second kappa shape index (κ2) is 5.88. The van der Waals surface area contributed by atoms with Crippen molar-refractivity contribution in [1.82, 2.24) is 4.72 Å². The highest BCUT2D eigenvalue weighted by atomic mass is 32.2. The molecule has 17 heavy (non-hydrogen) atoms. The van der Waals surface area contributed by atoms with Gasteiger partial charge in [-0.05, 0) is 18.6 Å². The minimum absolute atomic E-state index is 0.120. The topological polar surface area (TPSA) is 64.6 Å². The summed E-state index contributed by atoms with van der Waals surface area (Å²) in [5.74, 6) is 0.823. The molecule has 1 rings (SSSR count). The molecule has 96 valence electrons. The van der Waals surface area contributed by atoms with Crippen molar-refractivity contribution in [2.75, 3.05) is 20.8 Å². The molecule has 1 aromatic carbocycles. The van der Waals surface area contributed by atoms with Gasteiger partial charge in [0.05, 0.1) is 14.2 Å². The zero-order chi connectivity index (χ0) is 12.9. The summed E-state index contributed by atoms with van der Waals surface area (Å²) >= 11 is 0. The van der Waals surface area contributed by atoms with Crippen molar-refractivity contribution in [3.05, 3.63) is 18.2 Å². The first kappa shape index (κ1) is 13.8. The number of hydrogen-bond acceptors (Lipinski definition) is 4. The van der Waals surface area contributed by atoms with Crippen LogP contribution in [0.5, 0.6) is 11.5 Å².